The maximum absolute atomic E-state index is 11.8. The number of aromatic nitrogens is 2. The van der Waals surface area contributed by atoms with Crippen LogP contribution in [0, 0.1) is 0 Å². The Balaban J connectivity index is 1.91. The van der Waals surface area contributed by atoms with Gasteiger partial charge in [0, 0.05) is 31.1 Å². The molecule has 3 aromatic rings. The van der Waals surface area contributed by atoms with Crippen LogP contribution in [0.2, 0.25) is 0 Å². The van der Waals surface area contributed by atoms with Gasteiger partial charge < -0.3 is 15.0 Å². The number of hydrogen-bond donors (Lipinski definition) is 1. The number of hydrogen-bond acceptors (Lipinski definition) is 4. The van der Waals surface area contributed by atoms with Crippen LogP contribution in [0.5, 0.6) is 5.75 Å². The van der Waals surface area contributed by atoms with Crippen LogP contribution in [0.15, 0.2) is 65.7 Å². The molecule has 0 amide bonds. The van der Waals surface area contributed by atoms with E-state index in [1.165, 1.54) is 4.57 Å². The molecule has 0 bridgehead atoms. The van der Waals surface area contributed by atoms with Gasteiger partial charge in [-0.15, -0.1) is 0 Å². The average Bonchev–Trinajstić information content (AvgIpc) is 2.60. The summed E-state index contributed by atoms with van der Waals surface area (Å²) in [5.41, 5.74) is 8.49. The van der Waals surface area contributed by atoms with E-state index in [1.54, 1.807) is 25.5 Å². The summed E-state index contributed by atoms with van der Waals surface area (Å²) in [5.74, 6) is 0.829. The van der Waals surface area contributed by atoms with E-state index in [0.717, 1.165) is 16.7 Å². The Morgan fingerprint density at radius 3 is 2.58 bits per heavy atom. The summed E-state index contributed by atoms with van der Waals surface area (Å²) in [6, 6.07) is 15.1. The number of nitrogens with two attached hydrogens (primary N) is 1. The highest BCUT2D eigenvalue weighted by Crippen LogP contribution is 2.30. The Hall–Kier alpha value is -3.08. The fourth-order valence-corrected chi connectivity index (χ4v) is 2.42. The number of benzene rings is 1. The molecule has 122 valence electrons. The van der Waals surface area contributed by atoms with Crippen molar-refractivity contribution in [3.8, 4) is 16.9 Å². The molecule has 0 aliphatic carbocycles. The van der Waals surface area contributed by atoms with E-state index in [0.29, 0.717) is 11.6 Å². The lowest BCUT2D eigenvalue weighted by Gasteiger charge is -2.17. The van der Waals surface area contributed by atoms with Gasteiger partial charge >= 0.3 is 0 Å². The molecule has 1 atom stereocenters. The van der Waals surface area contributed by atoms with Crippen molar-refractivity contribution in [2.45, 2.75) is 13.0 Å². The van der Waals surface area contributed by atoms with Crippen molar-refractivity contribution in [3.05, 3.63) is 76.8 Å². The van der Waals surface area contributed by atoms with Gasteiger partial charge in [-0.05, 0) is 30.2 Å². The van der Waals surface area contributed by atoms with Crippen LogP contribution >= 0.6 is 0 Å². The molecular weight excluding hydrogens is 302 g/mol. The van der Waals surface area contributed by atoms with Crippen LogP contribution < -0.4 is 16.0 Å². The van der Waals surface area contributed by atoms with Gasteiger partial charge in [-0.1, -0.05) is 30.3 Å². The van der Waals surface area contributed by atoms with Crippen molar-refractivity contribution in [2.75, 3.05) is 5.73 Å². The third-order valence-electron chi connectivity index (χ3n) is 3.89. The minimum absolute atomic E-state index is 0.0792. The number of rotatable bonds is 4. The lowest BCUT2D eigenvalue weighted by molar-refractivity contribution is 0.228. The van der Waals surface area contributed by atoms with Gasteiger partial charge in [-0.25, -0.2) is 4.98 Å². The molecule has 0 spiro atoms. The maximum Gasteiger partial charge on any atom is 0.250 e. The molecule has 5 heteroatoms. The molecule has 1 aromatic carbocycles. The van der Waals surface area contributed by atoms with Crippen LogP contribution in [0.1, 0.15) is 18.6 Å². The average molecular weight is 321 g/mol. The zero-order chi connectivity index (χ0) is 17.1. The number of ether oxygens (including phenoxy) is 1. The largest absolute Gasteiger partial charge is 0.482 e. The smallest absolute Gasteiger partial charge is 0.250 e. The molecule has 2 aromatic heterocycles. The Morgan fingerprint density at radius 2 is 1.88 bits per heavy atom. The molecule has 1 unspecified atom stereocenters. The second-order valence-electron chi connectivity index (χ2n) is 5.64. The van der Waals surface area contributed by atoms with E-state index in [9.17, 15) is 4.79 Å². The summed E-state index contributed by atoms with van der Waals surface area (Å²) < 4.78 is 7.49. The van der Waals surface area contributed by atoms with Gasteiger partial charge in [0.05, 0.1) is 0 Å². The van der Waals surface area contributed by atoms with Crippen molar-refractivity contribution in [1.82, 2.24) is 9.55 Å². The van der Waals surface area contributed by atoms with Crippen molar-refractivity contribution < 1.29 is 4.74 Å². The van der Waals surface area contributed by atoms with E-state index >= 15 is 0 Å². The fraction of sp³-hybridized carbons (Fsp3) is 0.158. The first-order valence-electron chi connectivity index (χ1n) is 7.69. The summed E-state index contributed by atoms with van der Waals surface area (Å²) in [4.78, 5) is 16.0. The second-order valence-corrected chi connectivity index (χ2v) is 5.64. The van der Waals surface area contributed by atoms with Gasteiger partial charge in [-0.3, -0.25) is 4.79 Å². The first-order valence-corrected chi connectivity index (χ1v) is 7.69. The number of anilines is 1. The predicted octanol–water partition coefficient (Wildman–Crippen LogP) is 3.17. The van der Waals surface area contributed by atoms with Gasteiger partial charge in [0.15, 0.2) is 11.6 Å². The molecule has 24 heavy (non-hydrogen) atoms. The molecule has 0 saturated heterocycles. The van der Waals surface area contributed by atoms with Crippen molar-refractivity contribution >= 4 is 5.82 Å². The van der Waals surface area contributed by atoms with Gasteiger partial charge in [-0.2, -0.15) is 0 Å². The normalized spacial score (nSPS) is 11.9. The zero-order valence-electron chi connectivity index (χ0n) is 13.6. The number of aryl methyl sites for hydroxylation is 1. The molecule has 0 fully saturated rings. The number of nitrogen functional groups attached to an aromatic ring is 1. The van der Waals surface area contributed by atoms with E-state index in [1.807, 2.05) is 49.4 Å². The Kier molecular flexibility index (Phi) is 4.33. The molecule has 0 saturated carbocycles. The summed E-state index contributed by atoms with van der Waals surface area (Å²) in [7, 11) is 1.71. The molecule has 0 aliphatic rings. The van der Waals surface area contributed by atoms with Crippen molar-refractivity contribution in [1.29, 1.82) is 0 Å². The second kappa shape index (κ2) is 6.58. The van der Waals surface area contributed by atoms with E-state index in [2.05, 4.69) is 4.98 Å². The minimum atomic E-state index is -0.158. The van der Waals surface area contributed by atoms with Crippen LogP contribution in [0.3, 0.4) is 0 Å². The maximum atomic E-state index is 11.8. The summed E-state index contributed by atoms with van der Waals surface area (Å²) in [6.07, 6.45) is 3.21. The summed E-state index contributed by atoms with van der Waals surface area (Å²) >= 11 is 0. The SMILES string of the molecule is CC(Oc1cc(-c2ccn(C)c(=O)c2)cnc1N)c1ccccc1. The number of nitrogens with zero attached hydrogens (tertiary/aromatic N) is 2. The van der Waals surface area contributed by atoms with Crippen molar-refractivity contribution in [3.63, 3.8) is 0 Å². The highest BCUT2D eigenvalue weighted by molar-refractivity contribution is 5.66. The van der Waals surface area contributed by atoms with E-state index < -0.39 is 0 Å². The quantitative estimate of drug-likeness (QED) is 0.801. The standard InChI is InChI=1S/C19H19N3O2/c1-13(14-6-4-3-5-7-14)24-17-10-16(12-21-19(17)20)15-8-9-22(2)18(23)11-15/h3-13H,1-2H3,(H2,20,21). The number of pyridine rings is 2. The monoisotopic (exact) mass is 321 g/mol. The lowest BCUT2D eigenvalue weighted by atomic mass is 10.1. The van der Waals surface area contributed by atoms with Gasteiger partial charge in [0.25, 0.3) is 5.56 Å². The fourth-order valence-electron chi connectivity index (χ4n) is 2.42. The van der Waals surface area contributed by atoms with E-state index in [-0.39, 0.29) is 11.7 Å². The van der Waals surface area contributed by atoms with Gasteiger partial charge in [0.2, 0.25) is 0 Å². The van der Waals surface area contributed by atoms with Crippen LogP contribution in [0.4, 0.5) is 5.82 Å². The van der Waals surface area contributed by atoms with Gasteiger partial charge in [0.1, 0.15) is 6.10 Å². The predicted molar refractivity (Wildman–Crippen MR) is 94.8 cm³/mol. The first-order chi connectivity index (χ1) is 11.5. The molecule has 2 N–H and O–H groups in total. The zero-order valence-corrected chi connectivity index (χ0v) is 13.6. The topological polar surface area (TPSA) is 70.1 Å². The summed E-state index contributed by atoms with van der Waals surface area (Å²) in [6.45, 7) is 1.96. The Labute approximate surface area is 140 Å². The molecule has 5 nitrogen and oxygen atoms in total. The Morgan fingerprint density at radius 1 is 1.12 bits per heavy atom. The minimum Gasteiger partial charge on any atom is -0.482 e. The molecule has 0 radical (unpaired) electrons. The first kappa shape index (κ1) is 15.8. The molecular formula is C19H19N3O2. The highest BCUT2D eigenvalue weighted by atomic mass is 16.5. The van der Waals surface area contributed by atoms with Crippen molar-refractivity contribution in [2.24, 2.45) is 7.05 Å². The van der Waals surface area contributed by atoms with Crippen LogP contribution in [-0.4, -0.2) is 9.55 Å². The van der Waals surface area contributed by atoms with E-state index in [4.69, 9.17) is 10.5 Å². The molecule has 0 aliphatic heterocycles. The third kappa shape index (κ3) is 3.30. The van der Waals surface area contributed by atoms with Crippen LogP contribution in [-0.2, 0) is 7.05 Å². The lowest BCUT2D eigenvalue weighted by Crippen LogP contribution is -2.14. The molecule has 2 heterocycles. The molecule has 3 rings (SSSR count). The summed E-state index contributed by atoms with van der Waals surface area (Å²) in [5, 5.41) is 0. The highest BCUT2D eigenvalue weighted by Gasteiger charge is 2.12. The Bertz CT molecular complexity index is 904. The van der Waals surface area contributed by atoms with Crippen LogP contribution in [0.25, 0.3) is 11.1 Å². The third-order valence-corrected chi connectivity index (χ3v) is 3.89.